The molecule has 5 heteroatoms. The molecule has 4 rings (SSSR count). The third-order valence-corrected chi connectivity index (χ3v) is 4.50. The third-order valence-electron chi connectivity index (χ3n) is 4.50. The molecule has 0 bridgehead atoms. The largest absolute Gasteiger partial charge is 0.496 e. The van der Waals surface area contributed by atoms with Gasteiger partial charge in [-0.05, 0) is 18.2 Å². The minimum absolute atomic E-state index is 0.0392. The van der Waals surface area contributed by atoms with Crippen LogP contribution in [-0.4, -0.2) is 22.4 Å². The molecule has 1 aromatic carbocycles. The monoisotopic (exact) mass is 333 g/mol. The number of nitrogens with zero attached hydrogens (tertiary/aromatic N) is 2. The van der Waals surface area contributed by atoms with Crippen molar-refractivity contribution >= 4 is 17.6 Å². The molecule has 1 atom stereocenters. The van der Waals surface area contributed by atoms with Gasteiger partial charge in [0.25, 0.3) is 0 Å². The highest BCUT2D eigenvalue weighted by atomic mass is 16.5. The number of hydrogen-bond donors (Lipinski definition) is 1. The van der Waals surface area contributed by atoms with E-state index in [1.807, 2.05) is 54.7 Å². The van der Waals surface area contributed by atoms with E-state index in [0.717, 1.165) is 28.3 Å². The molecule has 0 fully saturated rings. The van der Waals surface area contributed by atoms with Crippen LogP contribution in [0, 0.1) is 0 Å². The number of benzene rings is 1. The number of hydrogen-bond acceptors (Lipinski definition) is 3. The van der Waals surface area contributed by atoms with Crippen molar-refractivity contribution in [2.75, 3.05) is 7.11 Å². The summed E-state index contributed by atoms with van der Waals surface area (Å²) >= 11 is 0. The van der Waals surface area contributed by atoms with Crippen molar-refractivity contribution < 1.29 is 9.53 Å². The topological polar surface area (TPSA) is 55.6 Å². The maximum Gasteiger partial charge on any atom is 0.221 e. The quantitative estimate of drug-likeness (QED) is 0.801. The summed E-state index contributed by atoms with van der Waals surface area (Å²) < 4.78 is 7.48. The van der Waals surface area contributed by atoms with E-state index in [0.29, 0.717) is 13.0 Å². The number of para-hydroxylation sites is 1. The van der Waals surface area contributed by atoms with Crippen molar-refractivity contribution in [3.8, 4) is 5.75 Å². The molecule has 1 unspecified atom stereocenters. The van der Waals surface area contributed by atoms with Crippen LogP contribution in [0.15, 0.2) is 54.7 Å². The maximum atomic E-state index is 12.1. The minimum atomic E-state index is -0.0418. The van der Waals surface area contributed by atoms with Crippen LogP contribution in [-0.2, 0) is 11.3 Å². The van der Waals surface area contributed by atoms with Gasteiger partial charge >= 0.3 is 0 Å². The van der Waals surface area contributed by atoms with Crippen LogP contribution >= 0.6 is 0 Å². The molecule has 2 aromatic heterocycles. The Morgan fingerprint density at radius 3 is 2.96 bits per heavy atom. The lowest BCUT2D eigenvalue weighted by molar-refractivity contribution is -0.121. The van der Waals surface area contributed by atoms with Gasteiger partial charge in [-0.2, -0.15) is 0 Å². The van der Waals surface area contributed by atoms with Gasteiger partial charge in [0.1, 0.15) is 11.4 Å². The van der Waals surface area contributed by atoms with E-state index >= 15 is 0 Å². The summed E-state index contributed by atoms with van der Waals surface area (Å²) in [6.45, 7) is 0.467. The number of rotatable bonds is 3. The van der Waals surface area contributed by atoms with Gasteiger partial charge in [-0.15, -0.1) is 0 Å². The molecule has 3 aromatic rings. The lowest BCUT2D eigenvalue weighted by Crippen LogP contribution is -2.21. The summed E-state index contributed by atoms with van der Waals surface area (Å²) in [4.78, 5) is 16.8. The lowest BCUT2D eigenvalue weighted by atomic mass is 9.98. The van der Waals surface area contributed by atoms with E-state index in [-0.39, 0.29) is 11.8 Å². The number of ether oxygens (including phenoxy) is 1. The number of amides is 1. The molecule has 1 amide bonds. The fraction of sp³-hybridized carbons (Fsp3) is 0.200. The SMILES string of the molecule is COc1ccccc1/C=C/C1CC(=O)NCc2nc3ccccn3c21. The molecular weight excluding hydrogens is 314 g/mol. The predicted octanol–water partition coefficient (Wildman–Crippen LogP) is 3.16. The number of carbonyl (C=O) groups excluding carboxylic acids is 1. The second kappa shape index (κ2) is 6.43. The Morgan fingerprint density at radius 2 is 2.08 bits per heavy atom. The third kappa shape index (κ3) is 2.89. The Morgan fingerprint density at radius 1 is 1.24 bits per heavy atom. The standard InChI is InChI=1S/C20H19N3O2/c1-25-17-7-3-2-6-14(17)9-10-15-12-19(24)21-13-16-20(15)23-11-5-4-8-18(23)22-16/h2-11,15H,12-13H2,1H3,(H,21,24)/b10-9+. The first-order valence-electron chi connectivity index (χ1n) is 8.30. The van der Waals surface area contributed by atoms with Crippen molar-refractivity contribution in [3.63, 3.8) is 0 Å². The molecule has 0 saturated heterocycles. The summed E-state index contributed by atoms with van der Waals surface area (Å²) in [6, 6.07) is 13.8. The van der Waals surface area contributed by atoms with Gasteiger partial charge in [-0.3, -0.25) is 4.79 Å². The van der Waals surface area contributed by atoms with Crippen molar-refractivity contribution in [2.24, 2.45) is 0 Å². The van der Waals surface area contributed by atoms with E-state index in [4.69, 9.17) is 4.74 Å². The molecular formula is C20H19N3O2. The normalized spacial score (nSPS) is 17.3. The Labute approximate surface area is 146 Å². The van der Waals surface area contributed by atoms with Crippen molar-refractivity contribution in [1.29, 1.82) is 0 Å². The van der Waals surface area contributed by atoms with Crippen LogP contribution in [0.2, 0.25) is 0 Å². The summed E-state index contributed by atoms with van der Waals surface area (Å²) in [5.74, 6) is 0.812. The van der Waals surface area contributed by atoms with E-state index in [1.165, 1.54) is 0 Å². The van der Waals surface area contributed by atoms with Crippen LogP contribution < -0.4 is 10.1 Å². The first-order chi connectivity index (χ1) is 12.3. The van der Waals surface area contributed by atoms with Gasteiger partial charge in [-0.1, -0.05) is 36.4 Å². The molecule has 5 nitrogen and oxygen atoms in total. The fourth-order valence-corrected chi connectivity index (χ4v) is 3.32. The van der Waals surface area contributed by atoms with Crippen LogP contribution in [0.25, 0.3) is 11.7 Å². The molecule has 25 heavy (non-hydrogen) atoms. The Bertz CT molecular complexity index is 958. The van der Waals surface area contributed by atoms with Gasteiger partial charge in [-0.25, -0.2) is 4.98 Å². The van der Waals surface area contributed by atoms with Gasteiger partial charge in [0.2, 0.25) is 5.91 Å². The number of allylic oxidation sites excluding steroid dienone is 1. The number of methoxy groups -OCH3 is 1. The number of aromatic nitrogens is 2. The smallest absolute Gasteiger partial charge is 0.221 e. The molecule has 3 heterocycles. The average Bonchev–Trinajstić information content (AvgIpc) is 2.94. The van der Waals surface area contributed by atoms with E-state index in [9.17, 15) is 4.79 Å². The van der Waals surface area contributed by atoms with Gasteiger partial charge in [0.15, 0.2) is 0 Å². The minimum Gasteiger partial charge on any atom is -0.496 e. The molecule has 0 radical (unpaired) electrons. The van der Waals surface area contributed by atoms with Crippen LogP contribution in [0.5, 0.6) is 5.75 Å². The first kappa shape index (κ1) is 15.4. The molecule has 126 valence electrons. The Kier molecular flexibility index (Phi) is 3.98. The van der Waals surface area contributed by atoms with Gasteiger partial charge in [0, 0.05) is 24.1 Å². The molecule has 1 aliphatic heterocycles. The summed E-state index contributed by atoms with van der Waals surface area (Å²) in [6.07, 6.45) is 6.50. The van der Waals surface area contributed by atoms with Crippen LogP contribution in [0.1, 0.15) is 29.3 Å². The van der Waals surface area contributed by atoms with Crippen LogP contribution in [0.3, 0.4) is 0 Å². The number of carbonyl (C=O) groups is 1. The van der Waals surface area contributed by atoms with Crippen molar-refractivity contribution in [1.82, 2.24) is 14.7 Å². The van der Waals surface area contributed by atoms with Crippen molar-refractivity contribution in [2.45, 2.75) is 18.9 Å². The highest BCUT2D eigenvalue weighted by molar-refractivity contribution is 5.78. The number of pyridine rings is 1. The predicted molar refractivity (Wildman–Crippen MR) is 96.4 cm³/mol. The number of imidazole rings is 1. The lowest BCUT2D eigenvalue weighted by Gasteiger charge is -2.11. The molecule has 0 aliphatic carbocycles. The van der Waals surface area contributed by atoms with E-state index in [1.54, 1.807) is 7.11 Å². The average molecular weight is 333 g/mol. The van der Waals surface area contributed by atoms with Gasteiger partial charge in [0.05, 0.1) is 25.0 Å². The molecule has 0 spiro atoms. The van der Waals surface area contributed by atoms with E-state index in [2.05, 4.69) is 20.8 Å². The number of fused-ring (bicyclic) bond motifs is 3. The second-order valence-corrected chi connectivity index (χ2v) is 6.06. The molecule has 1 N–H and O–H groups in total. The zero-order chi connectivity index (χ0) is 17.2. The maximum absolute atomic E-state index is 12.1. The van der Waals surface area contributed by atoms with Crippen molar-refractivity contribution in [3.05, 3.63) is 71.7 Å². The van der Waals surface area contributed by atoms with E-state index < -0.39 is 0 Å². The zero-order valence-corrected chi connectivity index (χ0v) is 14.0. The highest BCUT2D eigenvalue weighted by Gasteiger charge is 2.25. The molecule has 0 saturated carbocycles. The first-order valence-corrected chi connectivity index (χ1v) is 8.30. The second-order valence-electron chi connectivity index (χ2n) is 6.06. The summed E-state index contributed by atoms with van der Waals surface area (Å²) in [5.41, 5.74) is 3.89. The summed E-state index contributed by atoms with van der Waals surface area (Å²) in [5, 5.41) is 2.94. The Hall–Kier alpha value is -3.08. The zero-order valence-electron chi connectivity index (χ0n) is 14.0. The van der Waals surface area contributed by atoms with Gasteiger partial charge < -0.3 is 14.5 Å². The van der Waals surface area contributed by atoms with Crippen LogP contribution in [0.4, 0.5) is 0 Å². The molecule has 1 aliphatic rings. The Balaban J connectivity index is 1.78. The highest BCUT2D eigenvalue weighted by Crippen LogP contribution is 2.30. The summed E-state index contributed by atoms with van der Waals surface area (Å²) in [7, 11) is 1.66. The number of nitrogens with one attached hydrogen (secondary N) is 1. The fourth-order valence-electron chi connectivity index (χ4n) is 3.32.